The van der Waals surface area contributed by atoms with Gasteiger partial charge in [-0.25, -0.2) is 13.2 Å². The number of hydrogen-bond donors (Lipinski definition) is 1. The Morgan fingerprint density at radius 3 is 2.52 bits per heavy atom. The fraction of sp³-hybridized carbons (Fsp3) is 0.133. The van der Waals surface area contributed by atoms with Crippen LogP contribution in [0.1, 0.15) is 10.4 Å². The van der Waals surface area contributed by atoms with Gasteiger partial charge in [-0.15, -0.1) is 0 Å². The van der Waals surface area contributed by atoms with Crippen molar-refractivity contribution in [1.82, 2.24) is 0 Å². The van der Waals surface area contributed by atoms with Crippen LogP contribution in [0, 0.1) is 0 Å². The van der Waals surface area contributed by atoms with Crippen molar-refractivity contribution in [2.45, 2.75) is 4.90 Å². The van der Waals surface area contributed by atoms with Crippen LogP contribution in [0.15, 0.2) is 47.4 Å². The molecule has 0 heterocycles. The highest BCUT2D eigenvalue weighted by atomic mass is 35.5. The minimum atomic E-state index is -3.97. The molecule has 0 aliphatic rings. The Morgan fingerprint density at radius 1 is 1.22 bits per heavy atom. The van der Waals surface area contributed by atoms with Crippen LogP contribution >= 0.6 is 11.6 Å². The molecule has 0 aromatic heterocycles. The van der Waals surface area contributed by atoms with Gasteiger partial charge in [-0.2, -0.15) is 0 Å². The quantitative estimate of drug-likeness (QED) is 0.891. The number of hydrogen-bond acceptors (Lipinski definition) is 4. The summed E-state index contributed by atoms with van der Waals surface area (Å²) in [5, 5.41) is 9.27. The molecule has 0 fully saturated rings. The van der Waals surface area contributed by atoms with Crippen molar-refractivity contribution in [3.8, 4) is 5.75 Å². The third-order valence-electron chi connectivity index (χ3n) is 3.22. The first-order chi connectivity index (χ1) is 10.8. The molecule has 0 bridgehead atoms. The molecule has 2 rings (SSSR count). The van der Waals surface area contributed by atoms with Gasteiger partial charge < -0.3 is 9.84 Å². The van der Waals surface area contributed by atoms with Gasteiger partial charge in [0.25, 0.3) is 10.0 Å². The average molecular weight is 356 g/mol. The number of halogens is 1. The van der Waals surface area contributed by atoms with Crippen LogP contribution in [-0.4, -0.2) is 33.7 Å². The molecule has 0 saturated carbocycles. The second-order valence-electron chi connectivity index (χ2n) is 4.62. The normalized spacial score (nSPS) is 11.1. The third kappa shape index (κ3) is 3.40. The van der Waals surface area contributed by atoms with E-state index in [9.17, 15) is 13.2 Å². The first-order valence-electron chi connectivity index (χ1n) is 6.43. The molecule has 8 heteroatoms. The van der Waals surface area contributed by atoms with Gasteiger partial charge >= 0.3 is 5.97 Å². The summed E-state index contributed by atoms with van der Waals surface area (Å²) < 4.78 is 31.6. The Balaban J connectivity index is 2.53. The summed E-state index contributed by atoms with van der Waals surface area (Å²) in [4.78, 5) is 10.9. The lowest BCUT2D eigenvalue weighted by Gasteiger charge is -2.21. The number of ether oxygens (including phenoxy) is 1. The summed E-state index contributed by atoms with van der Waals surface area (Å²) in [6.45, 7) is 0. The van der Waals surface area contributed by atoms with Gasteiger partial charge in [0.2, 0.25) is 0 Å². The number of benzene rings is 2. The summed E-state index contributed by atoms with van der Waals surface area (Å²) in [5.41, 5.74) is 0.203. The van der Waals surface area contributed by atoms with Gasteiger partial charge in [-0.3, -0.25) is 4.31 Å². The SMILES string of the molecule is COc1ccc(Cl)cc1S(=O)(=O)N(C)c1cccc(C(=O)O)c1. The van der Waals surface area contributed by atoms with E-state index >= 15 is 0 Å². The Hall–Kier alpha value is -2.25. The van der Waals surface area contributed by atoms with Gasteiger partial charge in [0.05, 0.1) is 18.4 Å². The number of aromatic carboxylic acids is 1. The van der Waals surface area contributed by atoms with Crippen molar-refractivity contribution in [3.05, 3.63) is 53.1 Å². The highest BCUT2D eigenvalue weighted by Crippen LogP contribution is 2.31. The molecule has 1 N–H and O–H groups in total. The standard InChI is InChI=1S/C15H14ClNO5S/c1-17(12-5-3-4-10(8-12)15(18)19)23(20,21)14-9-11(16)6-7-13(14)22-2/h3-9H,1-2H3,(H,18,19). The Bertz CT molecular complexity index is 851. The third-order valence-corrected chi connectivity index (χ3v) is 5.26. The zero-order valence-corrected chi connectivity index (χ0v) is 13.9. The molecule has 122 valence electrons. The minimum absolute atomic E-state index is 0.0115. The van der Waals surface area contributed by atoms with Crippen molar-refractivity contribution in [2.75, 3.05) is 18.5 Å². The first kappa shape index (κ1) is 17.1. The van der Waals surface area contributed by atoms with Gasteiger partial charge in [-0.05, 0) is 36.4 Å². The van der Waals surface area contributed by atoms with Crippen LogP contribution in [-0.2, 0) is 10.0 Å². The van der Waals surface area contributed by atoms with Gasteiger partial charge in [0.15, 0.2) is 0 Å². The summed E-state index contributed by atoms with van der Waals surface area (Å²) in [6, 6.07) is 9.89. The number of carboxylic acids is 1. The van der Waals surface area contributed by atoms with E-state index in [4.69, 9.17) is 21.4 Å². The van der Waals surface area contributed by atoms with E-state index in [-0.39, 0.29) is 26.9 Å². The molecule has 2 aromatic carbocycles. The maximum atomic E-state index is 12.8. The molecule has 0 radical (unpaired) electrons. The lowest BCUT2D eigenvalue weighted by atomic mass is 10.2. The van der Waals surface area contributed by atoms with Crippen molar-refractivity contribution in [2.24, 2.45) is 0 Å². The van der Waals surface area contributed by atoms with E-state index < -0.39 is 16.0 Å². The van der Waals surface area contributed by atoms with Crippen molar-refractivity contribution >= 4 is 33.3 Å². The molecular weight excluding hydrogens is 342 g/mol. The lowest BCUT2D eigenvalue weighted by molar-refractivity contribution is 0.0697. The summed E-state index contributed by atoms with van der Waals surface area (Å²) >= 11 is 5.88. The highest BCUT2D eigenvalue weighted by Gasteiger charge is 2.26. The van der Waals surface area contributed by atoms with Gasteiger partial charge in [0.1, 0.15) is 10.6 Å². The highest BCUT2D eigenvalue weighted by molar-refractivity contribution is 7.93. The molecule has 0 amide bonds. The summed E-state index contributed by atoms with van der Waals surface area (Å²) in [7, 11) is -1.28. The van der Waals surface area contributed by atoms with Crippen LogP contribution in [0.5, 0.6) is 5.75 Å². The zero-order valence-electron chi connectivity index (χ0n) is 12.4. The number of nitrogens with zero attached hydrogens (tertiary/aromatic N) is 1. The molecule has 23 heavy (non-hydrogen) atoms. The predicted octanol–water partition coefficient (Wildman–Crippen LogP) is 2.87. The van der Waals surface area contributed by atoms with Crippen LogP contribution in [0.2, 0.25) is 5.02 Å². The Labute approximate surface area is 138 Å². The van der Waals surface area contributed by atoms with Crippen molar-refractivity contribution in [3.63, 3.8) is 0 Å². The average Bonchev–Trinajstić information content (AvgIpc) is 2.54. The lowest BCUT2D eigenvalue weighted by Crippen LogP contribution is -2.27. The maximum absolute atomic E-state index is 12.8. The molecule has 0 atom stereocenters. The molecule has 2 aromatic rings. The van der Waals surface area contributed by atoms with E-state index in [1.165, 1.54) is 56.6 Å². The van der Waals surface area contributed by atoms with Crippen LogP contribution in [0.25, 0.3) is 0 Å². The second-order valence-corrected chi connectivity index (χ2v) is 7.00. The topological polar surface area (TPSA) is 83.9 Å². The molecule has 0 aliphatic carbocycles. The number of carbonyl (C=O) groups is 1. The summed E-state index contributed by atoms with van der Waals surface area (Å²) in [6.07, 6.45) is 0. The van der Waals surface area contributed by atoms with E-state index in [1.807, 2.05) is 0 Å². The largest absolute Gasteiger partial charge is 0.495 e. The minimum Gasteiger partial charge on any atom is -0.495 e. The molecule has 6 nitrogen and oxygen atoms in total. The maximum Gasteiger partial charge on any atom is 0.335 e. The Kier molecular flexibility index (Phi) is 4.82. The van der Waals surface area contributed by atoms with Crippen LogP contribution in [0.3, 0.4) is 0 Å². The van der Waals surface area contributed by atoms with Crippen LogP contribution in [0.4, 0.5) is 5.69 Å². The number of sulfonamides is 1. The smallest absolute Gasteiger partial charge is 0.335 e. The van der Waals surface area contributed by atoms with Gasteiger partial charge in [-0.1, -0.05) is 17.7 Å². The van der Waals surface area contributed by atoms with E-state index in [0.717, 1.165) is 4.31 Å². The zero-order chi connectivity index (χ0) is 17.2. The van der Waals surface area contributed by atoms with E-state index in [2.05, 4.69) is 0 Å². The van der Waals surface area contributed by atoms with Gasteiger partial charge in [0, 0.05) is 12.1 Å². The number of anilines is 1. The fourth-order valence-electron chi connectivity index (χ4n) is 1.97. The first-order valence-corrected chi connectivity index (χ1v) is 8.25. The van der Waals surface area contributed by atoms with E-state index in [0.29, 0.717) is 0 Å². The fourth-order valence-corrected chi connectivity index (χ4v) is 3.58. The summed E-state index contributed by atoms with van der Waals surface area (Å²) in [5.74, 6) is -0.992. The number of rotatable bonds is 5. The van der Waals surface area contributed by atoms with Crippen molar-refractivity contribution < 1.29 is 23.1 Å². The molecule has 0 unspecified atom stereocenters. The van der Waals surface area contributed by atoms with Crippen LogP contribution < -0.4 is 9.04 Å². The monoisotopic (exact) mass is 355 g/mol. The second kappa shape index (κ2) is 6.47. The number of carboxylic acid groups (broad SMARTS) is 1. The van der Waals surface area contributed by atoms with E-state index in [1.54, 1.807) is 0 Å². The predicted molar refractivity (Wildman–Crippen MR) is 87.0 cm³/mol. The number of methoxy groups -OCH3 is 1. The Morgan fingerprint density at radius 2 is 1.91 bits per heavy atom. The molecule has 0 spiro atoms. The molecule has 0 saturated heterocycles. The van der Waals surface area contributed by atoms with Crippen molar-refractivity contribution in [1.29, 1.82) is 0 Å². The molecular formula is C15H14ClNO5S. The molecule has 0 aliphatic heterocycles.